The zero-order chi connectivity index (χ0) is 0. The quantitative estimate of drug-likeness (QED) is 0.212. The van der Waals surface area contributed by atoms with Crippen LogP contribution in [0.3, 0.4) is 0 Å². The average molecular weight is 1850 g/mol. The van der Waals surface area contributed by atoms with Gasteiger partial charge in [-0.05, 0) is 0 Å². The van der Waals surface area contributed by atoms with E-state index < -0.39 is 0 Å². The monoisotopic (exact) mass is 1820 g/mol. The minimum Gasteiger partial charge on any atom is -1.00 e. The van der Waals surface area contributed by atoms with Gasteiger partial charge in [0.05, 0.1) is 0 Å². The first-order valence-electron chi connectivity index (χ1n) is 0. The molecule has 0 unspecified atom stereocenters. The Morgan fingerprint density at radius 2 is 0.0588 bits per heavy atom. The summed E-state index contributed by atoms with van der Waals surface area (Å²) in [5, 5.41) is 0. The standard InChI is InChI=1S/50ClH.Na/h50*1H;/q;;;;;;;;;;;;;;;;;;;;;;;;;;;;;;;;;;;;;;;;;;;;;;;;;;+1/p-1. The molecule has 0 N–H and O–H groups in total. The Morgan fingerprint density at radius 1 is 0.0588 bits per heavy atom. The molecule has 0 aromatic carbocycles. The molecule has 0 aliphatic rings. The van der Waals surface area contributed by atoms with Crippen LogP contribution in [-0.2, 0) is 0 Å². The van der Waals surface area contributed by atoms with Crippen molar-refractivity contribution < 1.29 is 42.0 Å². The summed E-state index contributed by atoms with van der Waals surface area (Å²) < 4.78 is 0. The van der Waals surface area contributed by atoms with Crippen molar-refractivity contribution >= 4 is 608 Å². The first-order chi connectivity index (χ1) is 0. The Kier molecular flexibility index (Phi) is 26400. The van der Waals surface area contributed by atoms with Crippen molar-refractivity contribution in [3.8, 4) is 0 Å². The van der Waals surface area contributed by atoms with Crippen molar-refractivity contribution in [2.24, 2.45) is 0 Å². The SMILES string of the molecule is Cl.Cl.Cl.Cl.Cl.Cl.Cl.Cl.Cl.Cl.Cl.Cl.Cl.Cl.Cl.Cl.Cl.Cl.Cl.Cl.Cl.Cl.Cl.Cl.Cl.Cl.Cl.Cl.Cl.Cl.Cl.Cl.Cl.Cl.Cl.Cl.Cl.Cl.Cl.Cl.Cl.Cl.Cl.Cl.Cl.Cl.Cl.Cl.Cl.[Cl-].[Na+]. The maximum absolute atomic E-state index is 0. The van der Waals surface area contributed by atoms with Crippen molar-refractivity contribution in [3.63, 3.8) is 0 Å². The molecule has 0 spiro atoms. The Hall–Kier alpha value is 15.5. The van der Waals surface area contributed by atoms with Crippen LogP contribution >= 0.6 is 608 Å². The number of rotatable bonds is 0. The molecule has 0 radical (unpaired) electrons. The number of hydrogen-bond donors (Lipinski definition) is 0. The van der Waals surface area contributed by atoms with Crippen LogP contribution < -0.4 is 42.0 Å². The van der Waals surface area contributed by atoms with Crippen LogP contribution in [0.4, 0.5) is 0 Å². The van der Waals surface area contributed by atoms with E-state index in [0.717, 1.165) is 0 Å². The fourth-order valence-electron chi connectivity index (χ4n) is 0. The predicted octanol–water partition coefficient (Wildman–Crippen LogP) is 14.7. The van der Waals surface area contributed by atoms with Crippen molar-refractivity contribution in [1.82, 2.24) is 0 Å². The molecule has 0 aliphatic carbocycles. The van der Waals surface area contributed by atoms with E-state index in [1.54, 1.807) is 0 Å². The summed E-state index contributed by atoms with van der Waals surface area (Å²) in [6.07, 6.45) is 0. The molecule has 51 heteroatoms. The normalized spacial score (nSPS) is 0. The molecule has 0 fully saturated rings. The summed E-state index contributed by atoms with van der Waals surface area (Å²) in [5.74, 6) is 0. The summed E-state index contributed by atoms with van der Waals surface area (Å²) in [6, 6.07) is 0. The van der Waals surface area contributed by atoms with Gasteiger partial charge in [-0.2, -0.15) is 0 Å². The van der Waals surface area contributed by atoms with Crippen LogP contribution in [0.5, 0.6) is 0 Å². The molecular formula is H49Cl50Na. The zero-order valence-corrected chi connectivity index (χ0v) is 64.1. The minimum atomic E-state index is 0. The molecule has 0 aromatic heterocycles. The van der Waals surface area contributed by atoms with E-state index >= 15 is 0 Å². The van der Waals surface area contributed by atoms with Gasteiger partial charge in [0.25, 0.3) is 0 Å². The third-order valence-corrected chi connectivity index (χ3v) is 0. The van der Waals surface area contributed by atoms with Crippen molar-refractivity contribution in [2.75, 3.05) is 0 Å². The fraction of sp³-hybridized carbons (Fsp3) is 0. The average Bonchev–Trinajstić information content (AvgIpc) is 0. The summed E-state index contributed by atoms with van der Waals surface area (Å²) in [7, 11) is 0. The topological polar surface area (TPSA) is 0 Å². The van der Waals surface area contributed by atoms with Gasteiger partial charge in [-0.25, -0.2) is 0 Å². The second-order valence-electron chi connectivity index (χ2n) is 0. The largest absolute Gasteiger partial charge is 1.00 e. The van der Waals surface area contributed by atoms with E-state index in [1.807, 2.05) is 0 Å². The first kappa shape index (κ1) is 1190. The van der Waals surface area contributed by atoms with Crippen molar-refractivity contribution in [3.05, 3.63) is 0 Å². The maximum atomic E-state index is 0. The zero-order valence-electron chi connectivity index (χ0n) is 21.4. The van der Waals surface area contributed by atoms with Crippen LogP contribution in [0.1, 0.15) is 0 Å². The Bertz CT molecular complexity index is 7.10. The molecule has 0 amide bonds. The van der Waals surface area contributed by atoms with E-state index in [4.69, 9.17) is 0 Å². The smallest absolute Gasteiger partial charge is 1.00 e. The first-order valence-corrected chi connectivity index (χ1v) is 0. The molecule has 0 saturated heterocycles. The summed E-state index contributed by atoms with van der Waals surface area (Å²) in [4.78, 5) is 0. The van der Waals surface area contributed by atoms with Gasteiger partial charge in [-0.15, -0.1) is 608 Å². The number of hydrogen-bond acceptors (Lipinski definition) is 0. The molecule has 0 bridgehead atoms. The molecule has 0 atom stereocenters. The van der Waals surface area contributed by atoms with Gasteiger partial charge in [0.2, 0.25) is 0 Å². The minimum absolute atomic E-state index is 0. The number of halogens is 50. The molecule has 400 valence electrons. The van der Waals surface area contributed by atoms with Gasteiger partial charge in [0.1, 0.15) is 0 Å². The fourth-order valence-corrected chi connectivity index (χ4v) is 0. The van der Waals surface area contributed by atoms with Crippen LogP contribution in [0, 0.1) is 0 Å². The molecule has 0 saturated carbocycles. The van der Waals surface area contributed by atoms with Gasteiger partial charge < -0.3 is 12.4 Å². The summed E-state index contributed by atoms with van der Waals surface area (Å²) in [5.41, 5.74) is 0. The van der Waals surface area contributed by atoms with E-state index in [-0.39, 0.29) is 650 Å². The third kappa shape index (κ3) is 1100. The third-order valence-electron chi connectivity index (χ3n) is 0. The van der Waals surface area contributed by atoms with E-state index in [2.05, 4.69) is 0 Å². The van der Waals surface area contributed by atoms with Gasteiger partial charge in [-0.1, -0.05) is 0 Å². The Balaban J connectivity index is 0. The van der Waals surface area contributed by atoms with Crippen LogP contribution in [-0.4, -0.2) is 0 Å². The van der Waals surface area contributed by atoms with Crippen LogP contribution in [0.2, 0.25) is 0 Å². The second kappa shape index (κ2) is 1130. The van der Waals surface area contributed by atoms with Crippen molar-refractivity contribution in [1.29, 1.82) is 0 Å². The van der Waals surface area contributed by atoms with Gasteiger partial charge >= 0.3 is 29.6 Å². The molecule has 0 nitrogen and oxygen atoms in total. The molecule has 0 heterocycles. The summed E-state index contributed by atoms with van der Waals surface area (Å²) in [6.45, 7) is 0. The van der Waals surface area contributed by atoms with Gasteiger partial charge in [-0.3, -0.25) is 0 Å². The predicted molar refractivity (Wildman–Crippen MR) is 355 cm³/mol. The summed E-state index contributed by atoms with van der Waals surface area (Å²) >= 11 is 0. The molecule has 0 rings (SSSR count). The Morgan fingerprint density at radius 3 is 0.0588 bits per heavy atom. The van der Waals surface area contributed by atoms with Gasteiger partial charge in [0, 0.05) is 0 Å². The molecular weight excluding hydrogens is 1800 g/mol. The van der Waals surface area contributed by atoms with Crippen LogP contribution in [0.25, 0.3) is 0 Å². The van der Waals surface area contributed by atoms with Gasteiger partial charge in [0.15, 0.2) is 0 Å². The Labute approximate surface area is 637 Å². The van der Waals surface area contributed by atoms with Crippen molar-refractivity contribution in [2.45, 2.75) is 0 Å². The maximum Gasteiger partial charge on any atom is 1.00 e. The van der Waals surface area contributed by atoms with E-state index in [1.165, 1.54) is 0 Å². The van der Waals surface area contributed by atoms with Crippen LogP contribution in [0.15, 0.2) is 0 Å². The molecule has 51 heavy (non-hydrogen) atoms. The second-order valence-corrected chi connectivity index (χ2v) is 0. The molecule has 0 aromatic rings. The van der Waals surface area contributed by atoms with E-state index in [0.29, 0.717) is 0 Å². The molecule has 0 aliphatic heterocycles. The van der Waals surface area contributed by atoms with E-state index in [9.17, 15) is 0 Å².